The number of amides is 1. The summed E-state index contributed by atoms with van der Waals surface area (Å²) in [6.45, 7) is 3.73. The zero-order valence-electron chi connectivity index (χ0n) is 15.4. The van der Waals surface area contributed by atoms with Crippen LogP contribution in [0, 0.1) is 6.92 Å². The Hall–Kier alpha value is -3.06. The van der Waals surface area contributed by atoms with Crippen molar-refractivity contribution in [1.29, 1.82) is 0 Å². The summed E-state index contributed by atoms with van der Waals surface area (Å²) >= 11 is 3.47. The number of aromatic nitrogens is 4. The molecule has 0 bridgehead atoms. The van der Waals surface area contributed by atoms with Gasteiger partial charge in [0.2, 0.25) is 0 Å². The molecule has 4 aromatic rings. The second kappa shape index (κ2) is 7.52. The van der Waals surface area contributed by atoms with Gasteiger partial charge >= 0.3 is 0 Å². The van der Waals surface area contributed by atoms with Crippen LogP contribution < -0.4 is 5.32 Å². The van der Waals surface area contributed by atoms with E-state index in [1.165, 1.54) is 0 Å². The molecule has 0 aliphatic carbocycles. The Kier molecular flexibility index (Phi) is 4.92. The molecule has 28 heavy (non-hydrogen) atoms. The average Bonchev–Trinajstić information content (AvgIpc) is 3.12. The second-order valence-corrected chi connectivity index (χ2v) is 7.44. The molecule has 1 aromatic carbocycles. The lowest BCUT2D eigenvalue weighted by Gasteiger charge is -2.14. The minimum atomic E-state index is -0.297. The van der Waals surface area contributed by atoms with Crippen molar-refractivity contribution in [1.82, 2.24) is 24.9 Å². The van der Waals surface area contributed by atoms with Crippen LogP contribution >= 0.6 is 15.9 Å². The predicted molar refractivity (Wildman–Crippen MR) is 111 cm³/mol. The summed E-state index contributed by atoms with van der Waals surface area (Å²) in [5.41, 5.74) is 3.78. The van der Waals surface area contributed by atoms with Crippen LogP contribution in [0.3, 0.4) is 0 Å². The van der Waals surface area contributed by atoms with Crippen molar-refractivity contribution in [2.45, 2.75) is 19.9 Å². The van der Waals surface area contributed by atoms with Crippen molar-refractivity contribution >= 4 is 27.5 Å². The Balaban J connectivity index is 1.56. The number of pyridine rings is 2. The van der Waals surface area contributed by atoms with Crippen LogP contribution in [-0.4, -0.2) is 25.5 Å². The lowest BCUT2D eigenvalue weighted by Crippen LogP contribution is -2.28. The van der Waals surface area contributed by atoms with E-state index in [4.69, 9.17) is 0 Å². The van der Waals surface area contributed by atoms with E-state index in [9.17, 15) is 4.79 Å². The van der Waals surface area contributed by atoms with Gasteiger partial charge in [-0.15, -0.1) is 10.2 Å². The number of nitrogens with zero attached hydrogens (tertiary/aromatic N) is 4. The van der Waals surface area contributed by atoms with E-state index in [2.05, 4.69) is 36.4 Å². The number of hydrogen-bond acceptors (Lipinski definition) is 4. The Morgan fingerprint density at radius 2 is 1.96 bits per heavy atom. The van der Waals surface area contributed by atoms with Crippen LogP contribution in [0.25, 0.3) is 16.9 Å². The number of nitrogens with one attached hydrogen (secondary N) is 1. The maximum Gasteiger partial charge on any atom is 0.253 e. The van der Waals surface area contributed by atoms with Crippen LogP contribution in [0.4, 0.5) is 0 Å². The number of hydrogen-bond donors (Lipinski definition) is 1. The topological polar surface area (TPSA) is 72.2 Å². The van der Waals surface area contributed by atoms with Gasteiger partial charge in [-0.1, -0.05) is 34.1 Å². The maximum absolute atomic E-state index is 12.8. The van der Waals surface area contributed by atoms with Gasteiger partial charge in [-0.2, -0.15) is 0 Å². The number of carbonyl (C=O) groups excluding carboxylic acids is 1. The van der Waals surface area contributed by atoms with Crippen molar-refractivity contribution in [2.75, 3.05) is 0 Å². The quantitative estimate of drug-likeness (QED) is 0.516. The molecule has 1 unspecified atom stereocenters. The standard InChI is InChI=1S/C21H18BrN5O/c1-13-17(9-10-18(23-13)15-6-5-7-16(22)12-15)21(28)24-14(2)20-26-25-19-8-3-4-11-27(19)20/h3-12,14H,1-2H3,(H,24,28). The highest BCUT2D eigenvalue weighted by atomic mass is 79.9. The van der Waals surface area contributed by atoms with Crippen molar-refractivity contribution in [3.8, 4) is 11.3 Å². The molecule has 3 heterocycles. The molecule has 6 nitrogen and oxygen atoms in total. The lowest BCUT2D eigenvalue weighted by molar-refractivity contribution is 0.0937. The molecule has 1 N–H and O–H groups in total. The minimum Gasteiger partial charge on any atom is -0.342 e. The molecule has 1 amide bonds. The Labute approximate surface area is 170 Å². The average molecular weight is 436 g/mol. The Bertz CT molecular complexity index is 1170. The van der Waals surface area contributed by atoms with Crippen LogP contribution in [0.5, 0.6) is 0 Å². The number of carbonyl (C=O) groups is 1. The molecule has 0 aliphatic heterocycles. The molecule has 0 radical (unpaired) electrons. The SMILES string of the molecule is Cc1nc(-c2cccc(Br)c2)ccc1C(=O)NC(C)c1nnc2ccccn12. The van der Waals surface area contributed by atoms with Crippen molar-refractivity contribution in [3.63, 3.8) is 0 Å². The third-order valence-electron chi connectivity index (χ3n) is 4.53. The maximum atomic E-state index is 12.8. The number of aryl methyl sites for hydroxylation is 1. The van der Waals surface area contributed by atoms with E-state index in [1.54, 1.807) is 0 Å². The van der Waals surface area contributed by atoms with Gasteiger partial charge in [0.05, 0.1) is 23.0 Å². The Morgan fingerprint density at radius 3 is 2.75 bits per heavy atom. The van der Waals surface area contributed by atoms with E-state index >= 15 is 0 Å². The van der Waals surface area contributed by atoms with Gasteiger partial charge in [-0.3, -0.25) is 14.2 Å². The van der Waals surface area contributed by atoms with Gasteiger partial charge in [0, 0.05) is 16.2 Å². The lowest BCUT2D eigenvalue weighted by atomic mass is 10.1. The fourth-order valence-electron chi connectivity index (χ4n) is 3.10. The van der Waals surface area contributed by atoms with E-state index in [1.807, 2.05) is 79.0 Å². The number of benzene rings is 1. The summed E-state index contributed by atoms with van der Waals surface area (Å²) in [4.78, 5) is 17.4. The Morgan fingerprint density at radius 1 is 1.11 bits per heavy atom. The zero-order chi connectivity index (χ0) is 19.7. The highest BCUT2D eigenvalue weighted by Gasteiger charge is 2.18. The molecule has 0 saturated carbocycles. The summed E-state index contributed by atoms with van der Waals surface area (Å²) in [5.74, 6) is 0.492. The molecule has 7 heteroatoms. The van der Waals surface area contributed by atoms with Gasteiger partial charge in [-0.25, -0.2) is 0 Å². The molecular weight excluding hydrogens is 418 g/mol. The smallest absolute Gasteiger partial charge is 0.253 e. The number of fused-ring (bicyclic) bond motifs is 1. The molecule has 0 spiro atoms. The second-order valence-electron chi connectivity index (χ2n) is 6.52. The van der Waals surface area contributed by atoms with Gasteiger partial charge in [-0.05, 0) is 50.2 Å². The summed E-state index contributed by atoms with van der Waals surface area (Å²) < 4.78 is 2.85. The van der Waals surface area contributed by atoms with Crippen molar-refractivity contribution < 1.29 is 4.79 Å². The van der Waals surface area contributed by atoms with Gasteiger partial charge < -0.3 is 5.32 Å². The molecule has 0 aliphatic rings. The first-order valence-corrected chi connectivity index (χ1v) is 9.66. The molecule has 1 atom stereocenters. The fraction of sp³-hybridized carbons (Fsp3) is 0.143. The zero-order valence-corrected chi connectivity index (χ0v) is 17.0. The van der Waals surface area contributed by atoms with Crippen LogP contribution in [-0.2, 0) is 0 Å². The van der Waals surface area contributed by atoms with Gasteiger partial charge in [0.1, 0.15) is 0 Å². The molecular formula is C21H18BrN5O. The summed E-state index contributed by atoms with van der Waals surface area (Å²) in [7, 11) is 0. The third-order valence-corrected chi connectivity index (χ3v) is 5.02. The van der Waals surface area contributed by atoms with Crippen LogP contribution in [0.15, 0.2) is 65.3 Å². The predicted octanol–water partition coefficient (Wildman–Crippen LogP) is 4.35. The highest BCUT2D eigenvalue weighted by Crippen LogP contribution is 2.23. The largest absolute Gasteiger partial charge is 0.342 e. The van der Waals surface area contributed by atoms with Gasteiger partial charge in [0.25, 0.3) is 5.91 Å². The summed E-state index contributed by atoms with van der Waals surface area (Å²) in [6.07, 6.45) is 1.88. The van der Waals surface area contributed by atoms with E-state index in [0.717, 1.165) is 21.4 Å². The normalized spacial score (nSPS) is 12.1. The van der Waals surface area contributed by atoms with E-state index < -0.39 is 0 Å². The van der Waals surface area contributed by atoms with E-state index in [-0.39, 0.29) is 11.9 Å². The first-order valence-electron chi connectivity index (χ1n) is 8.87. The molecule has 4 rings (SSSR count). The first kappa shape index (κ1) is 18.3. The number of rotatable bonds is 4. The molecule has 0 saturated heterocycles. The first-order chi connectivity index (χ1) is 13.5. The van der Waals surface area contributed by atoms with Crippen molar-refractivity contribution in [2.24, 2.45) is 0 Å². The highest BCUT2D eigenvalue weighted by molar-refractivity contribution is 9.10. The monoisotopic (exact) mass is 435 g/mol. The van der Waals surface area contributed by atoms with E-state index in [0.29, 0.717) is 17.1 Å². The fourth-order valence-corrected chi connectivity index (χ4v) is 3.50. The summed E-state index contributed by atoms with van der Waals surface area (Å²) in [6, 6.07) is 17.0. The van der Waals surface area contributed by atoms with Crippen LogP contribution in [0.1, 0.15) is 34.8 Å². The molecule has 3 aromatic heterocycles. The number of halogens is 1. The third kappa shape index (κ3) is 3.53. The van der Waals surface area contributed by atoms with Crippen molar-refractivity contribution in [3.05, 3.63) is 82.3 Å². The van der Waals surface area contributed by atoms with Crippen LogP contribution in [0.2, 0.25) is 0 Å². The molecule has 0 fully saturated rings. The molecule has 140 valence electrons. The van der Waals surface area contributed by atoms with Gasteiger partial charge in [0.15, 0.2) is 11.5 Å². The summed E-state index contributed by atoms with van der Waals surface area (Å²) in [5, 5.41) is 11.3. The minimum absolute atomic E-state index is 0.189.